The molecular weight excluding hydrogens is 364 g/mol. The lowest BCUT2D eigenvalue weighted by atomic mass is 9.95. The Hall–Kier alpha value is -2.66. The maximum absolute atomic E-state index is 12.6. The molecule has 0 bridgehead atoms. The zero-order chi connectivity index (χ0) is 19.4. The quantitative estimate of drug-likeness (QED) is 0.809. The summed E-state index contributed by atoms with van der Waals surface area (Å²) in [6.07, 6.45) is 1.21. The lowest BCUT2D eigenvalue weighted by Crippen LogP contribution is -2.41. The number of halogens is 1. The SMILES string of the molecule is CC(=O)c1ccc(NC(=O)C2CCN(C(=O)c3ccccc3Cl)CC2)cc1. The second kappa shape index (κ2) is 8.35. The Morgan fingerprint density at radius 3 is 2.22 bits per heavy atom. The van der Waals surface area contributed by atoms with Crippen LogP contribution in [0.25, 0.3) is 0 Å². The molecule has 0 unspecified atom stereocenters. The molecule has 0 saturated carbocycles. The van der Waals surface area contributed by atoms with E-state index < -0.39 is 0 Å². The Labute approximate surface area is 163 Å². The predicted octanol–water partition coefficient (Wildman–Crippen LogP) is 4.03. The molecule has 1 heterocycles. The summed E-state index contributed by atoms with van der Waals surface area (Å²) < 4.78 is 0. The molecule has 2 aromatic rings. The van der Waals surface area contributed by atoms with E-state index in [2.05, 4.69) is 5.32 Å². The average Bonchev–Trinajstić information content (AvgIpc) is 2.68. The Balaban J connectivity index is 1.55. The molecule has 3 rings (SSSR count). The third-order valence-electron chi connectivity index (χ3n) is 4.82. The molecule has 0 aromatic heterocycles. The largest absolute Gasteiger partial charge is 0.339 e. The van der Waals surface area contributed by atoms with Gasteiger partial charge in [0.1, 0.15) is 0 Å². The summed E-state index contributed by atoms with van der Waals surface area (Å²) in [5.74, 6) is -0.314. The van der Waals surface area contributed by atoms with Crippen LogP contribution in [0, 0.1) is 5.92 Å². The van der Waals surface area contributed by atoms with Crippen LogP contribution in [-0.4, -0.2) is 35.6 Å². The first-order valence-electron chi connectivity index (χ1n) is 8.91. The summed E-state index contributed by atoms with van der Waals surface area (Å²) in [4.78, 5) is 38.1. The molecule has 0 radical (unpaired) electrons. The predicted molar refractivity (Wildman–Crippen MR) is 105 cm³/mol. The van der Waals surface area contributed by atoms with Crippen molar-refractivity contribution in [1.82, 2.24) is 4.90 Å². The third kappa shape index (κ3) is 4.55. The van der Waals surface area contributed by atoms with Crippen molar-refractivity contribution in [3.05, 3.63) is 64.7 Å². The number of amides is 2. The van der Waals surface area contributed by atoms with Crippen LogP contribution in [0.15, 0.2) is 48.5 Å². The number of piperidine rings is 1. The number of benzene rings is 2. The van der Waals surface area contributed by atoms with Crippen LogP contribution in [0.2, 0.25) is 5.02 Å². The molecule has 0 aliphatic carbocycles. The summed E-state index contributed by atoms with van der Waals surface area (Å²) in [5.41, 5.74) is 1.77. The van der Waals surface area contributed by atoms with Crippen LogP contribution in [0.3, 0.4) is 0 Å². The minimum Gasteiger partial charge on any atom is -0.339 e. The van der Waals surface area contributed by atoms with Crippen LogP contribution < -0.4 is 5.32 Å². The molecule has 0 spiro atoms. The van der Waals surface area contributed by atoms with Crippen LogP contribution in [0.5, 0.6) is 0 Å². The van der Waals surface area contributed by atoms with Crippen LogP contribution in [0.4, 0.5) is 5.69 Å². The Morgan fingerprint density at radius 1 is 1.00 bits per heavy atom. The Bertz CT molecular complexity index is 856. The smallest absolute Gasteiger partial charge is 0.255 e. The van der Waals surface area contributed by atoms with Crippen molar-refractivity contribution in [2.24, 2.45) is 5.92 Å². The highest BCUT2D eigenvalue weighted by Crippen LogP contribution is 2.23. The molecule has 1 N–H and O–H groups in total. The van der Waals surface area contributed by atoms with Gasteiger partial charge >= 0.3 is 0 Å². The van der Waals surface area contributed by atoms with Crippen molar-refractivity contribution in [3.8, 4) is 0 Å². The molecule has 5 nitrogen and oxygen atoms in total. The van der Waals surface area contributed by atoms with Gasteiger partial charge in [0.15, 0.2) is 5.78 Å². The molecule has 1 fully saturated rings. The van der Waals surface area contributed by atoms with E-state index in [4.69, 9.17) is 11.6 Å². The van der Waals surface area contributed by atoms with E-state index >= 15 is 0 Å². The highest BCUT2D eigenvalue weighted by Gasteiger charge is 2.28. The van der Waals surface area contributed by atoms with Crippen molar-refractivity contribution in [2.45, 2.75) is 19.8 Å². The van der Waals surface area contributed by atoms with Crippen LogP contribution in [-0.2, 0) is 4.79 Å². The van der Waals surface area contributed by atoms with Crippen molar-refractivity contribution in [1.29, 1.82) is 0 Å². The van der Waals surface area contributed by atoms with Gasteiger partial charge in [-0.1, -0.05) is 23.7 Å². The molecule has 1 aliphatic heterocycles. The van der Waals surface area contributed by atoms with Gasteiger partial charge in [-0.3, -0.25) is 14.4 Å². The topological polar surface area (TPSA) is 66.5 Å². The zero-order valence-electron chi connectivity index (χ0n) is 15.1. The standard InChI is InChI=1S/C21H21ClN2O3/c1-14(25)15-6-8-17(9-7-15)23-20(26)16-10-12-24(13-11-16)21(27)18-4-2-3-5-19(18)22/h2-9,16H,10-13H2,1H3,(H,23,26). The van der Waals surface area contributed by atoms with Crippen LogP contribution >= 0.6 is 11.6 Å². The molecule has 2 amide bonds. The zero-order valence-corrected chi connectivity index (χ0v) is 15.8. The molecule has 140 valence electrons. The maximum Gasteiger partial charge on any atom is 0.255 e. The number of nitrogens with zero attached hydrogens (tertiary/aromatic N) is 1. The normalized spacial score (nSPS) is 14.7. The van der Waals surface area contributed by atoms with E-state index in [-0.39, 0.29) is 23.5 Å². The molecule has 1 aliphatic rings. The monoisotopic (exact) mass is 384 g/mol. The molecule has 0 atom stereocenters. The fraction of sp³-hybridized carbons (Fsp3) is 0.286. The summed E-state index contributed by atoms with van der Waals surface area (Å²) in [6.45, 7) is 2.54. The van der Waals surface area contributed by atoms with Crippen molar-refractivity contribution < 1.29 is 14.4 Å². The summed E-state index contributed by atoms with van der Waals surface area (Å²) in [7, 11) is 0. The third-order valence-corrected chi connectivity index (χ3v) is 5.15. The van der Waals surface area contributed by atoms with E-state index in [1.54, 1.807) is 53.4 Å². The second-order valence-corrected chi connectivity index (χ2v) is 7.08. The summed E-state index contributed by atoms with van der Waals surface area (Å²) in [5, 5.41) is 3.33. The summed E-state index contributed by atoms with van der Waals surface area (Å²) >= 11 is 6.11. The van der Waals surface area contributed by atoms with E-state index in [1.807, 2.05) is 0 Å². The number of ketones is 1. The van der Waals surface area contributed by atoms with Gasteiger partial charge < -0.3 is 10.2 Å². The van der Waals surface area contributed by atoms with E-state index in [0.717, 1.165) is 0 Å². The minimum absolute atomic E-state index is 0.0107. The number of carbonyl (C=O) groups excluding carboxylic acids is 3. The van der Waals surface area contributed by atoms with Crippen molar-refractivity contribution >= 4 is 34.9 Å². The fourth-order valence-corrected chi connectivity index (χ4v) is 3.40. The lowest BCUT2D eigenvalue weighted by molar-refractivity contribution is -0.121. The number of hydrogen-bond donors (Lipinski definition) is 1. The van der Waals surface area contributed by atoms with Gasteiger partial charge in [0.25, 0.3) is 5.91 Å². The first-order chi connectivity index (χ1) is 13.0. The number of hydrogen-bond acceptors (Lipinski definition) is 3. The van der Waals surface area contributed by atoms with Crippen molar-refractivity contribution in [3.63, 3.8) is 0 Å². The fourth-order valence-electron chi connectivity index (χ4n) is 3.18. The van der Waals surface area contributed by atoms with Crippen LogP contribution in [0.1, 0.15) is 40.5 Å². The van der Waals surface area contributed by atoms with Gasteiger partial charge in [0, 0.05) is 30.3 Å². The van der Waals surface area contributed by atoms with E-state index in [0.29, 0.717) is 47.8 Å². The first-order valence-corrected chi connectivity index (χ1v) is 9.29. The van der Waals surface area contributed by atoms with Gasteiger partial charge in [0.05, 0.1) is 10.6 Å². The Morgan fingerprint density at radius 2 is 1.63 bits per heavy atom. The highest BCUT2D eigenvalue weighted by atomic mass is 35.5. The lowest BCUT2D eigenvalue weighted by Gasteiger charge is -2.31. The maximum atomic E-state index is 12.6. The average molecular weight is 385 g/mol. The first kappa shape index (κ1) is 19.1. The number of anilines is 1. The van der Waals surface area contributed by atoms with Gasteiger partial charge in [-0.05, 0) is 56.2 Å². The number of rotatable bonds is 4. The van der Waals surface area contributed by atoms with Crippen molar-refractivity contribution in [2.75, 3.05) is 18.4 Å². The minimum atomic E-state index is -0.146. The highest BCUT2D eigenvalue weighted by molar-refractivity contribution is 6.33. The van der Waals surface area contributed by atoms with E-state index in [1.165, 1.54) is 6.92 Å². The van der Waals surface area contributed by atoms with Gasteiger partial charge in [0.2, 0.25) is 5.91 Å². The Kier molecular flexibility index (Phi) is 5.91. The molecular formula is C21H21ClN2O3. The summed E-state index contributed by atoms with van der Waals surface area (Å²) in [6, 6.07) is 13.8. The van der Waals surface area contributed by atoms with Gasteiger partial charge in [-0.15, -0.1) is 0 Å². The number of nitrogens with one attached hydrogen (secondary N) is 1. The molecule has 27 heavy (non-hydrogen) atoms. The van der Waals surface area contributed by atoms with Gasteiger partial charge in [-0.2, -0.15) is 0 Å². The number of carbonyl (C=O) groups is 3. The molecule has 6 heteroatoms. The number of likely N-dealkylation sites (tertiary alicyclic amines) is 1. The second-order valence-electron chi connectivity index (χ2n) is 6.67. The molecule has 1 saturated heterocycles. The van der Waals surface area contributed by atoms with E-state index in [9.17, 15) is 14.4 Å². The van der Waals surface area contributed by atoms with Gasteiger partial charge in [-0.25, -0.2) is 0 Å². The number of Topliss-reactive ketones (excluding diaryl/α,β-unsaturated/α-hetero) is 1. The molecule has 2 aromatic carbocycles.